The molecule has 0 aliphatic heterocycles. The highest BCUT2D eigenvalue weighted by Crippen LogP contribution is 2.36. The van der Waals surface area contributed by atoms with E-state index in [0.717, 1.165) is 54.2 Å². The van der Waals surface area contributed by atoms with Gasteiger partial charge in [-0.1, -0.05) is 37.8 Å². The average Bonchev–Trinajstić information content (AvgIpc) is 3.04. The number of esters is 1. The monoisotopic (exact) mass is 324 g/mol. The van der Waals surface area contributed by atoms with Crippen molar-refractivity contribution >= 4 is 16.7 Å². The molecular formula is C21H24O3. The van der Waals surface area contributed by atoms with E-state index in [-0.39, 0.29) is 11.6 Å². The lowest BCUT2D eigenvalue weighted by Gasteiger charge is -2.27. The third-order valence-corrected chi connectivity index (χ3v) is 4.93. The van der Waals surface area contributed by atoms with Crippen LogP contribution in [0.15, 0.2) is 49.2 Å². The number of rotatable bonds is 6. The van der Waals surface area contributed by atoms with E-state index in [1.807, 2.05) is 36.4 Å². The molecule has 2 aromatic carbocycles. The summed E-state index contributed by atoms with van der Waals surface area (Å²) in [6, 6.07) is 11.9. The van der Waals surface area contributed by atoms with Crippen molar-refractivity contribution in [3.63, 3.8) is 0 Å². The molecule has 1 fully saturated rings. The zero-order valence-corrected chi connectivity index (χ0v) is 14.2. The highest BCUT2D eigenvalue weighted by atomic mass is 16.6. The predicted molar refractivity (Wildman–Crippen MR) is 96.1 cm³/mol. The number of ether oxygens (including phenoxy) is 2. The minimum atomic E-state index is -0.217. The Bertz CT molecular complexity index is 742. The Labute approximate surface area is 143 Å². The Morgan fingerprint density at radius 2 is 1.88 bits per heavy atom. The van der Waals surface area contributed by atoms with Gasteiger partial charge in [-0.3, -0.25) is 4.79 Å². The molecule has 3 rings (SSSR count). The summed E-state index contributed by atoms with van der Waals surface area (Å²) in [5, 5.41) is 2.16. The van der Waals surface area contributed by atoms with Crippen LogP contribution in [-0.4, -0.2) is 11.6 Å². The van der Waals surface area contributed by atoms with E-state index in [1.54, 1.807) is 0 Å². The van der Waals surface area contributed by atoms with E-state index >= 15 is 0 Å². The van der Waals surface area contributed by atoms with E-state index in [0.29, 0.717) is 6.42 Å². The second-order valence-corrected chi connectivity index (χ2v) is 6.52. The predicted octanol–water partition coefficient (Wildman–Crippen LogP) is 5.17. The number of fused-ring (bicyclic) bond motifs is 1. The molecule has 0 atom stereocenters. The Balaban J connectivity index is 1.71. The van der Waals surface area contributed by atoms with Crippen LogP contribution in [0.5, 0.6) is 5.75 Å². The van der Waals surface area contributed by atoms with E-state index in [4.69, 9.17) is 9.47 Å². The molecule has 0 aromatic heterocycles. The van der Waals surface area contributed by atoms with Gasteiger partial charge >= 0.3 is 5.97 Å². The molecule has 24 heavy (non-hydrogen) atoms. The van der Waals surface area contributed by atoms with Gasteiger partial charge in [-0.05, 0) is 60.6 Å². The van der Waals surface area contributed by atoms with Crippen LogP contribution in [0.2, 0.25) is 0 Å². The molecule has 0 amide bonds. The second kappa shape index (κ2) is 7.08. The summed E-state index contributed by atoms with van der Waals surface area (Å²) < 4.78 is 11.1. The number of carbonyl (C=O) groups excluding carboxylic acids is 1. The summed E-state index contributed by atoms with van der Waals surface area (Å²) in [5.74, 6) is 0.639. The summed E-state index contributed by atoms with van der Waals surface area (Å²) in [5.41, 5.74) is 0.763. The molecule has 0 N–H and O–H groups in total. The van der Waals surface area contributed by atoms with Crippen LogP contribution in [0, 0.1) is 0 Å². The van der Waals surface area contributed by atoms with Gasteiger partial charge < -0.3 is 9.47 Å². The van der Waals surface area contributed by atoms with Crippen LogP contribution >= 0.6 is 0 Å². The van der Waals surface area contributed by atoms with Gasteiger partial charge in [0.15, 0.2) is 0 Å². The molecule has 3 heteroatoms. The minimum absolute atomic E-state index is 0.121. The first kappa shape index (κ1) is 16.6. The first-order valence-electron chi connectivity index (χ1n) is 8.66. The van der Waals surface area contributed by atoms with Crippen LogP contribution in [0.4, 0.5) is 0 Å². The van der Waals surface area contributed by atoms with Crippen molar-refractivity contribution in [1.82, 2.24) is 0 Å². The third-order valence-electron chi connectivity index (χ3n) is 4.93. The lowest BCUT2D eigenvalue weighted by atomic mass is 9.98. The summed E-state index contributed by atoms with van der Waals surface area (Å²) >= 11 is 0. The molecule has 0 radical (unpaired) electrons. The van der Waals surface area contributed by atoms with Crippen molar-refractivity contribution in [3.8, 4) is 5.75 Å². The Hall–Kier alpha value is -2.29. The van der Waals surface area contributed by atoms with Gasteiger partial charge in [0.25, 0.3) is 0 Å². The maximum Gasteiger partial charge on any atom is 0.310 e. The largest absolute Gasteiger partial charge is 0.466 e. The van der Waals surface area contributed by atoms with Crippen molar-refractivity contribution in [1.29, 1.82) is 0 Å². The van der Waals surface area contributed by atoms with E-state index < -0.39 is 0 Å². The first-order chi connectivity index (χ1) is 11.6. The average molecular weight is 324 g/mol. The minimum Gasteiger partial charge on any atom is -0.466 e. The van der Waals surface area contributed by atoms with Crippen molar-refractivity contribution in [2.24, 2.45) is 0 Å². The Morgan fingerprint density at radius 1 is 1.17 bits per heavy atom. The lowest BCUT2D eigenvalue weighted by molar-refractivity contribution is -0.158. The maximum absolute atomic E-state index is 12.4. The number of carbonyl (C=O) groups is 1. The van der Waals surface area contributed by atoms with Gasteiger partial charge in [-0.15, -0.1) is 0 Å². The Kier molecular flexibility index (Phi) is 4.89. The molecule has 126 valence electrons. The van der Waals surface area contributed by atoms with Gasteiger partial charge in [0.05, 0.1) is 12.7 Å². The lowest BCUT2D eigenvalue weighted by Crippen LogP contribution is -2.31. The van der Waals surface area contributed by atoms with Crippen molar-refractivity contribution in [2.75, 3.05) is 0 Å². The first-order valence-corrected chi connectivity index (χ1v) is 8.66. The molecule has 0 saturated heterocycles. The molecular weight excluding hydrogens is 300 g/mol. The molecule has 0 unspecified atom stereocenters. The van der Waals surface area contributed by atoms with E-state index in [1.165, 1.54) is 6.26 Å². The Morgan fingerprint density at radius 3 is 2.58 bits per heavy atom. The van der Waals surface area contributed by atoms with Gasteiger partial charge in [-0.25, -0.2) is 0 Å². The smallest absolute Gasteiger partial charge is 0.310 e. The highest BCUT2D eigenvalue weighted by molar-refractivity contribution is 5.85. The number of hydrogen-bond donors (Lipinski definition) is 0. The standard InChI is InChI=1S/C21H24O3/c1-3-21(11-5-6-12-21)24-20(22)14-16-7-8-18-15-19(23-4-2)10-9-17(18)13-16/h4,7-10,13,15H,2-3,5-6,11-12,14H2,1H3. The molecule has 1 aliphatic carbocycles. The fourth-order valence-electron chi connectivity index (χ4n) is 3.54. The zero-order chi connectivity index (χ0) is 17.0. The summed E-state index contributed by atoms with van der Waals surface area (Å²) in [6.45, 7) is 5.67. The topological polar surface area (TPSA) is 35.5 Å². The molecule has 1 aliphatic rings. The molecule has 3 nitrogen and oxygen atoms in total. The quantitative estimate of drug-likeness (QED) is 0.543. The summed E-state index contributed by atoms with van der Waals surface area (Å²) in [4.78, 5) is 12.4. The van der Waals surface area contributed by atoms with E-state index in [2.05, 4.69) is 13.5 Å². The van der Waals surface area contributed by atoms with Gasteiger partial charge in [0.1, 0.15) is 11.4 Å². The SMILES string of the molecule is C=COc1ccc2cc(CC(=O)OC3(CC)CCCC3)ccc2c1. The highest BCUT2D eigenvalue weighted by Gasteiger charge is 2.35. The van der Waals surface area contributed by atoms with Crippen LogP contribution in [0.25, 0.3) is 10.8 Å². The van der Waals surface area contributed by atoms with Crippen LogP contribution < -0.4 is 4.74 Å². The van der Waals surface area contributed by atoms with Gasteiger partial charge in [0.2, 0.25) is 0 Å². The van der Waals surface area contributed by atoms with Crippen LogP contribution in [0.3, 0.4) is 0 Å². The van der Waals surface area contributed by atoms with Gasteiger partial charge in [-0.2, -0.15) is 0 Å². The maximum atomic E-state index is 12.4. The normalized spacial score (nSPS) is 16.0. The fraction of sp³-hybridized carbons (Fsp3) is 0.381. The zero-order valence-electron chi connectivity index (χ0n) is 14.2. The van der Waals surface area contributed by atoms with Crippen LogP contribution in [-0.2, 0) is 16.0 Å². The molecule has 0 heterocycles. The number of hydrogen-bond acceptors (Lipinski definition) is 3. The summed E-state index contributed by atoms with van der Waals surface area (Å²) in [7, 11) is 0. The van der Waals surface area contributed by atoms with Crippen molar-refractivity contribution in [3.05, 3.63) is 54.8 Å². The fourth-order valence-corrected chi connectivity index (χ4v) is 3.54. The van der Waals surface area contributed by atoms with Gasteiger partial charge in [0, 0.05) is 0 Å². The summed E-state index contributed by atoms with van der Waals surface area (Å²) in [6.07, 6.45) is 6.96. The molecule has 0 spiro atoms. The van der Waals surface area contributed by atoms with Crippen LogP contribution in [0.1, 0.15) is 44.6 Å². The van der Waals surface area contributed by atoms with Crippen molar-refractivity contribution < 1.29 is 14.3 Å². The second-order valence-electron chi connectivity index (χ2n) is 6.52. The molecule has 0 bridgehead atoms. The van der Waals surface area contributed by atoms with Crippen molar-refractivity contribution in [2.45, 2.75) is 51.0 Å². The molecule has 2 aromatic rings. The van der Waals surface area contributed by atoms with E-state index in [9.17, 15) is 4.79 Å². The molecule has 1 saturated carbocycles. The third kappa shape index (κ3) is 3.61. The number of benzene rings is 2.